The number of likely N-dealkylation sites (tertiary alicyclic amines) is 1. The van der Waals surface area contributed by atoms with Gasteiger partial charge in [-0.2, -0.15) is 4.98 Å². The average Bonchev–Trinajstić information content (AvgIpc) is 3.01. The van der Waals surface area contributed by atoms with Crippen molar-refractivity contribution in [1.82, 2.24) is 20.0 Å². The second-order valence-corrected chi connectivity index (χ2v) is 4.73. The Labute approximate surface area is 115 Å². The molecule has 0 bridgehead atoms. The lowest BCUT2D eigenvalue weighted by atomic mass is 9.96. The van der Waals surface area contributed by atoms with Gasteiger partial charge in [-0.1, -0.05) is 5.16 Å². The second kappa shape index (κ2) is 5.28. The number of hydrogen-bond donors (Lipinski definition) is 1. The SMILES string of the molecule is O=C(c1ncccc1O)N1CCC(c2ncon2)CC1. The van der Waals surface area contributed by atoms with E-state index in [0.717, 1.165) is 12.8 Å². The molecule has 0 radical (unpaired) electrons. The van der Waals surface area contributed by atoms with Crippen LogP contribution in [0, 0.1) is 0 Å². The number of pyridine rings is 1. The van der Waals surface area contributed by atoms with Gasteiger partial charge in [-0.25, -0.2) is 4.98 Å². The second-order valence-electron chi connectivity index (χ2n) is 4.73. The molecule has 1 N–H and O–H groups in total. The summed E-state index contributed by atoms with van der Waals surface area (Å²) in [5.74, 6) is 0.584. The zero-order valence-electron chi connectivity index (χ0n) is 10.8. The largest absolute Gasteiger partial charge is 0.505 e. The van der Waals surface area contributed by atoms with Crippen LogP contribution >= 0.6 is 0 Å². The quantitative estimate of drug-likeness (QED) is 0.884. The lowest BCUT2D eigenvalue weighted by Gasteiger charge is -2.30. The zero-order valence-corrected chi connectivity index (χ0v) is 10.8. The van der Waals surface area contributed by atoms with Crippen LogP contribution < -0.4 is 0 Å². The van der Waals surface area contributed by atoms with Crippen molar-refractivity contribution in [2.75, 3.05) is 13.1 Å². The number of amides is 1. The maximum atomic E-state index is 12.3. The summed E-state index contributed by atoms with van der Waals surface area (Å²) < 4.78 is 4.74. The van der Waals surface area contributed by atoms with Gasteiger partial charge in [0.1, 0.15) is 5.75 Å². The summed E-state index contributed by atoms with van der Waals surface area (Å²) in [6.07, 6.45) is 4.37. The third kappa shape index (κ3) is 2.34. The van der Waals surface area contributed by atoms with Crippen molar-refractivity contribution in [3.05, 3.63) is 36.2 Å². The summed E-state index contributed by atoms with van der Waals surface area (Å²) >= 11 is 0. The minimum absolute atomic E-state index is 0.0854. The maximum Gasteiger partial charge on any atom is 0.276 e. The summed E-state index contributed by atoms with van der Waals surface area (Å²) in [6, 6.07) is 3.06. The molecule has 1 fully saturated rings. The number of carbonyl (C=O) groups is 1. The first-order chi connectivity index (χ1) is 9.75. The van der Waals surface area contributed by atoms with Gasteiger partial charge >= 0.3 is 0 Å². The van der Waals surface area contributed by atoms with Crippen molar-refractivity contribution in [2.45, 2.75) is 18.8 Å². The first-order valence-corrected chi connectivity index (χ1v) is 6.45. The van der Waals surface area contributed by atoms with Gasteiger partial charge in [0, 0.05) is 25.2 Å². The van der Waals surface area contributed by atoms with Crippen molar-refractivity contribution < 1.29 is 14.4 Å². The highest BCUT2D eigenvalue weighted by Gasteiger charge is 2.28. The van der Waals surface area contributed by atoms with E-state index in [4.69, 9.17) is 4.52 Å². The van der Waals surface area contributed by atoms with E-state index in [2.05, 4.69) is 15.1 Å². The van der Waals surface area contributed by atoms with E-state index in [-0.39, 0.29) is 23.3 Å². The number of rotatable bonds is 2. The molecule has 104 valence electrons. The normalized spacial score (nSPS) is 16.3. The van der Waals surface area contributed by atoms with Gasteiger partial charge in [-0.05, 0) is 25.0 Å². The van der Waals surface area contributed by atoms with Crippen LogP contribution in [0.5, 0.6) is 5.75 Å². The minimum Gasteiger partial charge on any atom is -0.505 e. The Morgan fingerprint density at radius 1 is 1.35 bits per heavy atom. The Bertz CT molecular complexity index is 591. The van der Waals surface area contributed by atoms with Gasteiger partial charge in [0.2, 0.25) is 6.39 Å². The first kappa shape index (κ1) is 12.6. The molecule has 2 aromatic rings. The fraction of sp³-hybridized carbons (Fsp3) is 0.385. The predicted octanol–water partition coefficient (Wildman–Crippen LogP) is 1.19. The molecule has 1 saturated heterocycles. The Kier molecular flexibility index (Phi) is 3.32. The smallest absolute Gasteiger partial charge is 0.276 e. The molecule has 0 spiro atoms. The van der Waals surface area contributed by atoms with E-state index in [1.807, 2.05) is 0 Å². The Balaban J connectivity index is 1.66. The van der Waals surface area contributed by atoms with Gasteiger partial charge in [0.25, 0.3) is 5.91 Å². The monoisotopic (exact) mass is 274 g/mol. The molecule has 0 unspecified atom stereocenters. The van der Waals surface area contributed by atoms with E-state index in [0.29, 0.717) is 18.9 Å². The van der Waals surface area contributed by atoms with Crippen LogP contribution in [0.4, 0.5) is 0 Å². The highest BCUT2D eigenvalue weighted by Crippen LogP contribution is 2.26. The molecule has 0 atom stereocenters. The van der Waals surface area contributed by atoms with E-state index >= 15 is 0 Å². The van der Waals surface area contributed by atoms with Crippen molar-refractivity contribution >= 4 is 5.91 Å². The summed E-state index contributed by atoms with van der Waals surface area (Å²) in [4.78, 5) is 22.0. The number of hydrogen-bond acceptors (Lipinski definition) is 6. The number of aromatic hydroxyl groups is 1. The number of carbonyl (C=O) groups excluding carboxylic acids is 1. The Morgan fingerprint density at radius 3 is 2.80 bits per heavy atom. The summed E-state index contributed by atoms with van der Waals surface area (Å²) in [6.45, 7) is 1.18. The number of nitrogens with zero attached hydrogens (tertiary/aromatic N) is 4. The Morgan fingerprint density at radius 2 is 2.15 bits per heavy atom. The molecule has 1 aliphatic rings. The third-order valence-electron chi connectivity index (χ3n) is 3.51. The molecule has 2 aromatic heterocycles. The molecule has 7 heteroatoms. The molecule has 1 amide bonds. The van der Waals surface area contributed by atoms with Crippen LogP contribution in [0.2, 0.25) is 0 Å². The van der Waals surface area contributed by atoms with Crippen molar-refractivity contribution in [3.63, 3.8) is 0 Å². The number of aromatic nitrogens is 3. The lowest BCUT2D eigenvalue weighted by Crippen LogP contribution is -2.38. The molecule has 0 aromatic carbocycles. The van der Waals surface area contributed by atoms with Gasteiger partial charge in [0.15, 0.2) is 11.5 Å². The molecule has 3 heterocycles. The zero-order chi connectivity index (χ0) is 13.9. The maximum absolute atomic E-state index is 12.3. The van der Waals surface area contributed by atoms with Crippen LogP contribution in [0.1, 0.15) is 35.1 Å². The van der Waals surface area contributed by atoms with E-state index in [1.165, 1.54) is 18.7 Å². The van der Waals surface area contributed by atoms with Crippen LogP contribution in [-0.2, 0) is 0 Å². The van der Waals surface area contributed by atoms with Crippen LogP contribution in [0.15, 0.2) is 29.2 Å². The highest BCUT2D eigenvalue weighted by atomic mass is 16.5. The lowest BCUT2D eigenvalue weighted by molar-refractivity contribution is 0.0701. The van der Waals surface area contributed by atoms with Crippen molar-refractivity contribution in [3.8, 4) is 5.75 Å². The van der Waals surface area contributed by atoms with E-state index in [9.17, 15) is 9.90 Å². The van der Waals surface area contributed by atoms with E-state index < -0.39 is 0 Å². The van der Waals surface area contributed by atoms with Crippen LogP contribution in [0.25, 0.3) is 0 Å². The minimum atomic E-state index is -0.241. The van der Waals surface area contributed by atoms with Crippen molar-refractivity contribution in [2.24, 2.45) is 0 Å². The fourth-order valence-electron chi connectivity index (χ4n) is 2.41. The summed E-state index contributed by atoms with van der Waals surface area (Å²) in [7, 11) is 0. The topological polar surface area (TPSA) is 92.3 Å². The molecular weight excluding hydrogens is 260 g/mol. The molecular formula is C13H14N4O3. The molecule has 0 aliphatic carbocycles. The third-order valence-corrected chi connectivity index (χ3v) is 3.51. The standard InChI is InChI=1S/C13H14N4O3/c18-10-2-1-5-14-11(10)13(19)17-6-3-9(4-7-17)12-15-8-20-16-12/h1-2,5,8-9,18H,3-4,6-7H2. The first-order valence-electron chi connectivity index (χ1n) is 6.45. The van der Waals surface area contributed by atoms with Gasteiger partial charge < -0.3 is 14.5 Å². The van der Waals surface area contributed by atoms with Crippen LogP contribution in [0.3, 0.4) is 0 Å². The molecule has 20 heavy (non-hydrogen) atoms. The highest BCUT2D eigenvalue weighted by molar-refractivity contribution is 5.94. The summed E-state index contributed by atoms with van der Waals surface area (Å²) in [5, 5.41) is 13.5. The molecule has 3 rings (SSSR count). The fourth-order valence-corrected chi connectivity index (χ4v) is 2.41. The van der Waals surface area contributed by atoms with Crippen molar-refractivity contribution in [1.29, 1.82) is 0 Å². The summed E-state index contributed by atoms with van der Waals surface area (Å²) in [5.41, 5.74) is 0.102. The van der Waals surface area contributed by atoms with E-state index in [1.54, 1.807) is 11.0 Å². The van der Waals surface area contributed by atoms with Gasteiger partial charge in [-0.15, -0.1) is 0 Å². The predicted molar refractivity (Wildman–Crippen MR) is 68.1 cm³/mol. The molecule has 7 nitrogen and oxygen atoms in total. The van der Waals surface area contributed by atoms with Crippen LogP contribution in [-0.4, -0.2) is 44.1 Å². The average molecular weight is 274 g/mol. The van der Waals surface area contributed by atoms with Gasteiger partial charge in [-0.3, -0.25) is 4.79 Å². The van der Waals surface area contributed by atoms with Gasteiger partial charge in [0.05, 0.1) is 0 Å². The Hall–Kier alpha value is -2.44. The number of piperidine rings is 1. The molecule has 1 aliphatic heterocycles. The molecule has 0 saturated carbocycles.